The van der Waals surface area contributed by atoms with Crippen LogP contribution in [0.15, 0.2) is 41.2 Å². The number of hydrogen-bond acceptors (Lipinski definition) is 3. The first-order valence-corrected chi connectivity index (χ1v) is 9.66. The second-order valence-corrected chi connectivity index (χ2v) is 8.37. The van der Waals surface area contributed by atoms with Gasteiger partial charge in [0.25, 0.3) is 11.5 Å². The fourth-order valence-corrected chi connectivity index (χ4v) is 3.40. The molecule has 0 saturated carbocycles. The van der Waals surface area contributed by atoms with Gasteiger partial charge in [0.1, 0.15) is 5.56 Å². The Kier molecular flexibility index (Phi) is 5.87. The monoisotopic (exact) mass is 386 g/mol. The molecule has 1 aromatic heterocycles. The highest BCUT2D eigenvalue weighted by Crippen LogP contribution is 2.22. The van der Waals surface area contributed by atoms with E-state index in [1.54, 1.807) is 35.2 Å². The van der Waals surface area contributed by atoms with Gasteiger partial charge in [-0.15, -0.1) is 0 Å². The van der Waals surface area contributed by atoms with Crippen molar-refractivity contribution >= 4 is 5.91 Å². The Labute approximate surface area is 164 Å². The lowest BCUT2D eigenvalue weighted by molar-refractivity contribution is 0.0629. The number of piperidine rings is 1. The van der Waals surface area contributed by atoms with Gasteiger partial charge in [-0.25, -0.2) is 4.39 Å². The number of nitrogens with one attached hydrogen (secondary N) is 1. The molecule has 2 heterocycles. The van der Waals surface area contributed by atoms with Crippen LogP contribution < -0.4 is 10.3 Å². The molecule has 1 aliphatic rings. The zero-order valence-electron chi connectivity index (χ0n) is 16.6. The van der Waals surface area contributed by atoms with E-state index in [0.717, 1.165) is 18.5 Å². The van der Waals surface area contributed by atoms with Gasteiger partial charge in [-0.05, 0) is 37.1 Å². The molecule has 1 saturated heterocycles. The minimum atomic E-state index is -0.392. The summed E-state index contributed by atoms with van der Waals surface area (Å²) >= 11 is 0. The molecule has 1 aliphatic heterocycles. The molecule has 1 fully saturated rings. The minimum absolute atomic E-state index is 0.102. The Morgan fingerprint density at radius 1 is 1.25 bits per heavy atom. The molecule has 1 N–H and O–H groups in total. The SMILES string of the molecule is CC(C)(C)c1ccc(C(=O)N2CCC[C@@H](COc3ccccc3F)C2)c(=O)[nH]1. The summed E-state index contributed by atoms with van der Waals surface area (Å²) in [5, 5.41) is 0. The van der Waals surface area contributed by atoms with Crippen molar-refractivity contribution in [3.05, 3.63) is 63.8 Å². The molecule has 0 aliphatic carbocycles. The fraction of sp³-hybridized carbons (Fsp3) is 0.455. The summed E-state index contributed by atoms with van der Waals surface area (Å²) in [4.78, 5) is 29.8. The van der Waals surface area contributed by atoms with Crippen molar-refractivity contribution < 1.29 is 13.9 Å². The second-order valence-electron chi connectivity index (χ2n) is 8.37. The molecule has 0 spiro atoms. The van der Waals surface area contributed by atoms with E-state index in [1.807, 2.05) is 20.8 Å². The van der Waals surface area contributed by atoms with Crippen molar-refractivity contribution in [2.45, 2.75) is 39.0 Å². The van der Waals surface area contributed by atoms with Crippen LogP contribution in [0, 0.1) is 11.7 Å². The highest BCUT2D eigenvalue weighted by Gasteiger charge is 2.27. The van der Waals surface area contributed by atoms with Gasteiger partial charge in [-0.1, -0.05) is 32.9 Å². The lowest BCUT2D eigenvalue weighted by atomic mass is 9.91. The van der Waals surface area contributed by atoms with Gasteiger partial charge in [-0.3, -0.25) is 9.59 Å². The summed E-state index contributed by atoms with van der Waals surface area (Å²) in [6.07, 6.45) is 1.73. The zero-order chi connectivity index (χ0) is 20.3. The van der Waals surface area contributed by atoms with Gasteiger partial charge in [-0.2, -0.15) is 0 Å². The lowest BCUT2D eigenvalue weighted by Gasteiger charge is -2.32. The van der Waals surface area contributed by atoms with Crippen molar-refractivity contribution in [3.8, 4) is 5.75 Å². The number of ether oxygens (including phenoxy) is 1. The number of aromatic amines is 1. The van der Waals surface area contributed by atoms with Crippen LogP contribution in [0.25, 0.3) is 0 Å². The molecule has 5 nitrogen and oxygen atoms in total. The number of H-pyrrole nitrogens is 1. The van der Waals surface area contributed by atoms with Crippen LogP contribution in [0.4, 0.5) is 4.39 Å². The number of pyridine rings is 1. The molecule has 28 heavy (non-hydrogen) atoms. The largest absolute Gasteiger partial charge is 0.490 e. The summed E-state index contributed by atoms with van der Waals surface area (Å²) in [7, 11) is 0. The van der Waals surface area contributed by atoms with Gasteiger partial charge in [0.2, 0.25) is 0 Å². The summed E-state index contributed by atoms with van der Waals surface area (Å²) in [5.74, 6) is -0.334. The van der Waals surface area contributed by atoms with E-state index in [9.17, 15) is 14.0 Å². The normalized spacial score (nSPS) is 17.4. The van der Waals surface area contributed by atoms with E-state index in [-0.39, 0.29) is 34.1 Å². The van der Waals surface area contributed by atoms with E-state index >= 15 is 0 Å². The summed E-state index contributed by atoms with van der Waals surface area (Å²) in [6.45, 7) is 7.45. The van der Waals surface area contributed by atoms with Crippen LogP contribution in [0.1, 0.15) is 49.7 Å². The third kappa shape index (κ3) is 4.61. The third-order valence-corrected chi connectivity index (χ3v) is 5.07. The number of rotatable bonds is 4. The van der Waals surface area contributed by atoms with Gasteiger partial charge in [0.05, 0.1) is 6.61 Å². The topological polar surface area (TPSA) is 62.4 Å². The third-order valence-electron chi connectivity index (χ3n) is 5.07. The molecule has 0 unspecified atom stereocenters. The Morgan fingerprint density at radius 3 is 2.68 bits per heavy atom. The van der Waals surface area contributed by atoms with Crippen molar-refractivity contribution in [1.82, 2.24) is 9.88 Å². The number of amides is 1. The zero-order valence-corrected chi connectivity index (χ0v) is 16.6. The van der Waals surface area contributed by atoms with Crippen molar-refractivity contribution in [3.63, 3.8) is 0 Å². The lowest BCUT2D eigenvalue weighted by Crippen LogP contribution is -2.43. The second kappa shape index (κ2) is 8.17. The van der Waals surface area contributed by atoms with E-state index in [2.05, 4.69) is 4.98 Å². The van der Waals surface area contributed by atoms with E-state index in [4.69, 9.17) is 4.74 Å². The highest BCUT2D eigenvalue weighted by molar-refractivity contribution is 5.93. The molecule has 3 rings (SSSR count). The van der Waals surface area contributed by atoms with Crippen LogP contribution in [0.2, 0.25) is 0 Å². The Bertz CT molecular complexity index is 901. The average molecular weight is 386 g/mol. The number of nitrogens with zero attached hydrogens (tertiary/aromatic N) is 1. The van der Waals surface area contributed by atoms with Crippen molar-refractivity contribution in [2.24, 2.45) is 5.92 Å². The molecule has 6 heteroatoms. The first kappa shape index (κ1) is 20.1. The summed E-state index contributed by atoms with van der Waals surface area (Å²) < 4.78 is 19.3. The quantitative estimate of drug-likeness (QED) is 0.871. The number of benzene rings is 1. The van der Waals surface area contributed by atoms with Crippen molar-refractivity contribution in [2.75, 3.05) is 19.7 Å². The van der Waals surface area contributed by atoms with Crippen molar-refractivity contribution in [1.29, 1.82) is 0 Å². The molecular formula is C22H27FN2O3. The number of carbonyl (C=O) groups excluding carboxylic acids is 1. The summed E-state index contributed by atoms with van der Waals surface area (Å²) in [6, 6.07) is 9.71. The van der Waals surface area contributed by atoms with E-state index in [0.29, 0.717) is 19.7 Å². The summed E-state index contributed by atoms with van der Waals surface area (Å²) in [5.41, 5.74) is 0.399. The molecule has 1 aromatic carbocycles. The maximum absolute atomic E-state index is 13.7. The smallest absolute Gasteiger partial charge is 0.261 e. The van der Waals surface area contributed by atoms with Gasteiger partial charge >= 0.3 is 0 Å². The van der Waals surface area contributed by atoms with E-state index in [1.165, 1.54) is 6.07 Å². The number of para-hydroxylation sites is 1. The van der Waals surface area contributed by atoms with Crippen LogP contribution in [-0.4, -0.2) is 35.5 Å². The molecule has 0 radical (unpaired) electrons. The number of aromatic nitrogens is 1. The average Bonchev–Trinajstić information content (AvgIpc) is 2.66. The molecule has 0 bridgehead atoms. The van der Waals surface area contributed by atoms with Gasteiger partial charge in [0, 0.05) is 30.1 Å². The molecule has 2 aromatic rings. The van der Waals surface area contributed by atoms with Crippen LogP contribution in [-0.2, 0) is 5.41 Å². The van der Waals surface area contributed by atoms with Crippen LogP contribution >= 0.6 is 0 Å². The maximum Gasteiger partial charge on any atom is 0.261 e. The predicted molar refractivity (Wildman–Crippen MR) is 106 cm³/mol. The molecule has 1 atom stereocenters. The van der Waals surface area contributed by atoms with Crippen LogP contribution in [0.5, 0.6) is 5.75 Å². The Morgan fingerprint density at radius 2 is 2.00 bits per heavy atom. The predicted octanol–water partition coefficient (Wildman–Crippen LogP) is 3.74. The highest BCUT2D eigenvalue weighted by atomic mass is 19.1. The van der Waals surface area contributed by atoms with Gasteiger partial charge < -0.3 is 14.6 Å². The number of carbonyl (C=O) groups is 1. The standard InChI is InChI=1S/C22H27FN2O3/c1-22(2,3)19-11-10-16(20(26)24-19)21(27)25-12-6-7-15(13-25)14-28-18-9-5-4-8-17(18)23/h4-5,8-11,15H,6-7,12-14H2,1-3H3,(H,24,26)/t15-/m1/s1. The molecular weight excluding hydrogens is 359 g/mol. The number of likely N-dealkylation sites (tertiary alicyclic amines) is 1. The Hall–Kier alpha value is -2.63. The van der Waals surface area contributed by atoms with Crippen LogP contribution in [0.3, 0.4) is 0 Å². The Balaban J connectivity index is 1.66. The van der Waals surface area contributed by atoms with Gasteiger partial charge in [0.15, 0.2) is 11.6 Å². The minimum Gasteiger partial charge on any atom is -0.490 e. The number of hydrogen-bond donors (Lipinski definition) is 1. The first-order valence-electron chi connectivity index (χ1n) is 9.66. The first-order chi connectivity index (χ1) is 13.3. The maximum atomic E-state index is 13.7. The molecule has 1 amide bonds. The van der Waals surface area contributed by atoms with E-state index < -0.39 is 5.82 Å². The number of halogens is 1. The molecule has 150 valence electrons. The fourth-order valence-electron chi connectivity index (χ4n) is 3.40.